The number of fused-ring (bicyclic) bond motifs is 1. The second-order valence-electron chi connectivity index (χ2n) is 3.82. The van der Waals surface area contributed by atoms with E-state index >= 15 is 0 Å². The lowest BCUT2D eigenvalue weighted by molar-refractivity contribution is 0.111. The Kier molecular flexibility index (Phi) is 3.25. The van der Waals surface area contributed by atoms with E-state index in [1.165, 1.54) is 34.4 Å². The lowest BCUT2D eigenvalue weighted by Crippen LogP contribution is -2.07. The van der Waals surface area contributed by atoms with Gasteiger partial charge in [0.15, 0.2) is 15.6 Å². The Morgan fingerprint density at radius 2 is 2.26 bits per heavy atom. The summed E-state index contributed by atoms with van der Waals surface area (Å²) >= 11 is 4.34. The van der Waals surface area contributed by atoms with Crippen LogP contribution < -0.4 is 4.90 Å². The van der Waals surface area contributed by atoms with E-state index in [-0.39, 0.29) is 0 Å². The van der Waals surface area contributed by atoms with E-state index in [2.05, 4.69) is 15.2 Å². The number of carbonyl (C=O) groups excluding carboxylic acids is 1. The lowest BCUT2D eigenvalue weighted by atomic mass is 10.5. The number of hydrogen-bond acceptors (Lipinski definition) is 8. The number of carbonyl (C=O) groups is 1. The maximum Gasteiger partial charge on any atom is 0.208 e. The van der Waals surface area contributed by atoms with Gasteiger partial charge in [0.1, 0.15) is 10.7 Å². The van der Waals surface area contributed by atoms with Crippen molar-refractivity contribution < 1.29 is 4.79 Å². The average molecular weight is 311 g/mol. The zero-order chi connectivity index (χ0) is 13.4. The molecule has 0 aliphatic heterocycles. The maximum atomic E-state index is 11.2. The van der Waals surface area contributed by atoms with E-state index in [1.54, 1.807) is 4.40 Å². The van der Waals surface area contributed by atoms with Crippen molar-refractivity contribution in [2.24, 2.45) is 0 Å². The Morgan fingerprint density at radius 3 is 2.95 bits per heavy atom. The van der Waals surface area contributed by atoms with E-state index in [1.807, 2.05) is 30.6 Å². The molecule has 3 rings (SSSR count). The molecule has 3 heterocycles. The molecule has 0 unspecified atom stereocenters. The second kappa shape index (κ2) is 4.91. The molecule has 19 heavy (non-hydrogen) atoms. The lowest BCUT2D eigenvalue weighted by Gasteiger charge is -2.03. The van der Waals surface area contributed by atoms with Crippen LogP contribution in [0.1, 0.15) is 10.5 Å². The monoisotopic (exact) mass is 311 g/mol. The van der Waals surface area contributed by atoms with Crippen molar-refractivity contribution in [2.45, 2.75) is 9.37 Å². The molecule has 0 aliphatic rings. The number of imidazole rings is 1. The van der Waals surface area contributed by atoms with Gasteiger partial charge in [0.05, 0.1) is 0 Å². The summed E-state index contributed by atoms with van der Waals surface area (Å²) < 4.78 is 2.56. The van der Waals surface area contributed by atoms with Gasteiger partial charge in [-0.05, 0) is 11.8 Å². The number of nitrogens with zero attached hydrogens (tertiary/aromatic N) is 5. The fraction of sp³-hybridized carbons (Fsp3) is 0.200. The summed E-state index contributed by atoms with van der Waals surface area (Å²) in [7, 11) is 3.83. The van der Waals surface area contributed by atoms with Crippen LogP contribution in [-0.2, 0) is 0 Å². The van der Waals surface area contributed by atoms with Crippen molar-refractivity contribution >= 4 is 50.8 Å². The van der Waals surface area contributed by atoms with Crippen molar-refractivity contribution in [3.63, 3.8) is 0 Å². The molecule has 0 aliphatic carbocycles. The van der Waals surface area contributed by atoms with Gasteiger partial charge in [-0.2, -0.15) is 0 Å². The molecule has 0 spiro atoms. The Bertz CT molecular complexity index is 729. The third kappa shape index (κ3) is 2.24. The van der Waals surface area contributed by atoms with Crippen LogP contribution in [-0.4, -0.2) is 40.0 Å². The number of thiazole rings is 1. The van der Waals surface area contributed by atoms with Gasteiger partial charge < -0.3 is 4.90 Å². The smallest absolute Gasteiger partial charge is 0.208 e. The number of aldehydes is 1. The molecule has 98 valence electrons. The number of aromatic nitrogens is 4. The average Bonchev–Trinajstić information content (AvgIpc) is 3.04. The fourth-order valence-electron chi connectivity index (χ4n) is 1.47. The molecule has 3 aromatic rings. The summed E-state index contributed by atoms with van der Waals surface area (Å²) in [5, 5.41) is 11.6. The molecule has 0 saturated heterocycles. The largest absolute Gasteiger partial charge is 0.353 e. The van der Waals surface area contributed by atoms with Crippen molar-refractivity contribution in [1.82, 2.24) is 19.6 Å². The molecular weight excluding hydrogens is 302 g/mol. The summed E-state index contributed by atoms with van der Waals surface area (Å²) in [5.41, 5.74) is 0.558. The van der Waals surface area contributed by atoms with E-state index in [0.29, 0.717) is 10.7 Å². The summed E-state index contributed by atoms with van der Waals surface area (Å²) in [6, 6.07) is 0. The van der Waals surface area contributed by atoms with Crippen LogP contribution in [0.15, 0.2) is 20.9 Å². The predicted molar refractivity (Wildman–Crippen MR) is 76.8 cm³/mol. The van der Waals surface area contributed by atoms with Crippen LogP contribution >= 0.6 is 34.4 Å². The van der Waals surface area contributed by atoms with Crippen molar-refractivity contribution in [3.05, 3.63) is 17.3 Å². The molecular formula is C10H9N5OS3. The highest BCUT2D eigenvalue weighted by molar-refractivity contribution is 8.01. The van der Waals surface area contributed by atoms with Gasteiger partial charge in [-0.1, -0.05) is 11.3 Å². The highest BCUT2D eigenvalue weighted by Crippen LogP contribution is 2.34. The molecule has 0 saturated carbocycles. The number of rotatable bonds is 4. The van der Waals surface area contributed by atoms with Gasteiger partial charge in [0.2, 0.25) is 5.13 Å². The Balaban J connectivity index is 1.95. The molecule has 3 aromatic heterocycles. The van der Waals surface area contributed by atoms with Crippen LogP contribution in [0.5, 0.6) is 0 Å². The first-order valence-electron chi connectivity index (χ1n) is 5.28. The highest BCUT2D eigenvalue weighted by atomic mass is 32.2. The molecule has 0 radical (unpaired) electrons. The van der Waals surface area contributed by atoms with Gasteiger partial charge in [-0.3, -0.25) is 9.20 Å². The molecule has 0 aromatic carbocycles. The van der Waals surface area contributed by atoms with E-state index in [4.69, 9.17) is 0 Å². The zero-order valence-electron chi connectivity index (χ0n) is 10.1. The van der Waals surface area contributed by atoms with Crippen LogP contribution in [0.4, 0.5) is 5.13 Å². The van der Waals surface area contributed by atoms with Crippen LogP contribution in [0.2, 0.25) is 0 Å². The zero-order valence-corrected chi connectivity index (χ0v) is 12.6. The molecule has 0 bridgehead atoms. The van der Waals surface area contributed by atoms with E-state index in [0.717, 1.165) is 20.7 Å². The van der Waals surface area contributed by atoms with Crippen LogP contribution in [0.25, 0.3) is 4.96 Å². The first-order chi connectivity index (χ1) is 9.19. The highest BCUT2D eigenvalue weighted by Gasteiger charge is 2.16. The number of hydrogen-bond donors (Lipinski definition) is 0. The number of anilines is 1. The van der Waals surface area contributed by atoms with Crippen LogP contribution in [0, 0.1) is 0 Å². The van der Waals surface area contributed by atoms with E-state index < -0.39 is 0 Å². The minimum atomic E-state index is 0.558. The molecule has 0 amide bonds. The van der Waals surface area contributed by atoms with Gasteiger partial charge in [0, 0.05) is 25.7 Å². The van der Waals surface area contributed by atoms with Crippen molar-refractivity contribution in [3.8, 4) is 0 Å². The SMILES string of the molecule is CN(C)c1nnc(Sc2nc3sccn3c2C=O)s1. The Morgan fingerprint density at radius 1 is 1.42 bits per heavy atom. The minimum absolute atomic E-state index is 0.558. The Labute approximate surface area is 121 Å². The first kappa shape index (κ1) is 12.6. The summed E-state index contributed by atoms with van der Waals surface area (Å²) in [5.74, 6) is 0. The summed E-state index contributed by atoms with van der Waals surface area (Å²) in [4.78, 5) is 18.3. The fourth-order valence-corrected chi connectivity index (χ4v) is 4.01. The first-order valence-corrected chi connectivity index (χ1v) is 7.79. The quantitative estimate of drug-likeness (QED) is 0.689. The molecule has 0 N–H and O–H groups in total. The second-order valence-corrected chi connectivity index (χ2v) is 6.89. The third-order valence-corrected chi connectivity index (χ3v) is 5.23. The molecule has 6 nitrogen and oxygen atoms in total. The minimum Gasteiger partial charge on any atom is -0.353 e. The van der Waals surface area contributed by atoms with Gasteiger partial charge in [0.25, 0.3) is 0 Å². The molecule has 0 fully saturated rings. The Hall–Kier alpha value is -1.45. The van der Waals surface area contributed by atoms with Gasteiger partial charge >= 0.3 is 0 Å². The van der Waals surface area contributed by atoms with Gasteiger partial charge in [-0.15, -0.1) is 21.5 Å². The van der Waals surface area contributed by atoms with Crippen molar-refractivity contribution in [1.29, 1.82) is 0 Å². The molecule has 0 atom stereocenters. The topological polar surface area (TPSA) is 63.4 Å². The van der Waals surface area contributed by atoms with Gasteiger partial charge in [-0.25, -0.2) is 4.98 Å². The predicted octanol–water partition coefficient (Wildman–Crippen LogP) is 2.28. The maximum absolute atomic E-state index is 11.2. The van der Waals surface area contributed by atoms with E-state index in [9.17, 15) is 4.79 Å². The van der Waals surface area contributed by atoms with Crippen molar-refractivity contribution in [2.75, 3.05) is 19.0 Å². The standard InChI is InChI=1S/C10H9N5OS3/c1-14(2)9-12-13-10(19-9)18-7-6(5-16)15-3-4-17-8(15)11-7/h3-5H,1-2H3. The molecule has 9 heteroatoms. The normalized spacial score (nSPS) is 11.1. The summed E-state index contributed by atoms with van der Waals surface area (Å²) in [6.45, 7) is 0. The van der Waals surface area contributed by atoms with Crippen LogP contribution in [0.3, 0.4) is 0 Å². The third-order valence-electron chi connectivity index (χ3n) is 2.34. The summed E-state index contributed by atoms with van der Waals surface area (Å²) in [6.07, 6.45) is 2.66.